The molecule has 4 N–H and O–H groups in total. The van der Waals surface area contributed by atoms with E-state index in [-0.39, 0.29) is 0 Å². The van der Waals surface area contributed by atoms with E-state index in [1.54, 1.807) is 12.3 Å². The molecule has 0 saturated heterocycles. The zero-order chi connectivity index (χ0) is 6.85. The molecule has 0 atom stereocenters. The van der Waals surface area contributed by atoms with Gasteiger partial charge in [-0.05, 0) is 13.0 Å². The highest BCUT2D eigenvalue weighted by molar-refractivity contribution is 5.55. The van der Waals surface area contributed by atoms with Crippen molar-refractivity contribution in [1.29, 1.82) is 0 Å². The fraction of sp³-hybridized carbons (Fsp3) is 0.167. The Morgan fingerprint density at radius 2 is 2.11 bits per heavy atom. The summed E-state index contributed by atoms with van der Waals surface area (Å²) in [5, 5.41) is 0. The lowest BCUT2D eigenvalue weighted by molar-refractivity contribution is 1.28. The van der Waals surface area contributed by atoms with Crippen molar-refractivity contribution in [2.75, 3.05) is 11.5 Å². The Bertz CT molecular complexity index is 199. The molecule has 0 aromatic carbocycles. The van der Waals surface area contributed by atoms with Crippen LogP contribution in [0.15, 0.2) is 12.3 Å². The van der Waals surface area contributed by atoms with Crippen molar-refractivity contribution in [1.82, 2.24) is 4.98 Å². The SMILES string of the molecule is Cc1c(N)ccnc1N. The summed E-state index contributed by atoms with van der Waals surface area (Å²) in [4.78, 5) is 3.84. The first-order chi connectivity index (χ1) is 4.22. The van der Waals surface area contributed by atoms with Gasteiger partial charge in [-0.15, -0.1) is 0 Å². The first-order valence-corrected chi connectivity index (χ1v) is 2.68. The number of nitrogen functional groups attached to an aromatic ring is 2. The third-order valence-electron chi connectivity index (χ3n) is 1.28. The summed E-state index contributed by atoms with van der Waals surface area (Å²) in [5.74, 6) is 0.509. The van der Waals surface area contributed by atoms with Crippen LogP contribution in [0.3, 0.4) is 0 Å². The molecule has 48 valence electrons. The number of nitrogens with two attached hydrogens (primary N) is 2. The predicted molar refractivity (Wildman–Crippen MR) is 37.8 cm³/mol. The molecule has 3 heteroatoms. The molecule has 0 spiro atoms. The van der Waals surface area contributed by atoms with Crippen molar-refractivity contribution in [3.63, 3.8) is 0 Å². The standard InChI is InChI=1S/C6H9N3/c1-4-5(7)2-3-9-6(4)8/h2-3H,1H3,(H4,7,8,9). The van der Waals surface area contributed by atoms with Crippen LogP contribution in [0.2, 0.25) is 0 Å². The zero-order valence-electron chi connectivity index (χ0n) is 5.26. The first kappa shape index (κ1) is 5.88. The van der Waals surface area contributed by atoms with Gasteiger partial charge in [0.15, 0.2) is 0 Å². The van der Waals surface area contributed by atoms with E-state index in [1.165, 1.54) is 0 Å². The Labute approximate surface area is 53.7 Å². The Morgan fingerprint density at radius 3 is 2.56 bits per heavy atom. The summed E-state index contributed by atoms with van der Waals surface area (Å²) in [6.07, 6.45) is 1.59. The third-order valence-corrected chi connectivity index (χ3v) is 1.28. The predicted octanol–water partition coefficient (Wildman–Crippen LogP) is 0.554. The molecule has 0 radical (unpaired) electrons. The molecule has 0 aliphatic carbocycles. The van der Waals surface area contributed by atoms with Crippen molar-refractivity contribution in [3.05, 3.63) is 17.8 Å². The van der Waals surface area contributed by atoms with E-state index < -0.39 is 0 Å². The molecule has 9 heavy (non-hydrogen) atoms. The van der Waals surface area contributed by atoms with Crippen LogP contribution >= 0.6 is 0 Å². The minimum atomic E-state index is 0.509. The molecule has 0 aliphatic heterocycles. The van der Waals surface area contributed by atoms with E-state index in [0.717, 1.165) is 5.56 Å². The smallest absolute Gasteiger partial charge is 0.128 e. The van der Waals surface area contributed by atoms with Crippen molar-refractivity contribution in [2.45, 2.75) is 6.92 Å². The molecular weight excluding hydrogens is 114 g/mol. The van der Waals surface area contributed by atoms with Crippen molar-refractivity contribution in [3.8, 4) is 0 Å². The molecular formula is C6H9N3. The van der Waals surface area contributed by atoms with Crippen LogP contribution < -0.4 is 11.5 Å². The Hall–Kier alpha value is -1.25. The van der Waals surface area contributed by atoms with Gasteiger partial charge in [0.25, 0.3) is 0 Å². The summed E-state index contributed by atoms with van der Waals surface area (Å²) < 4.78 is 0. The summed E-state index contributed by atoms with van der Waals surface area (Å²) in [6, 6.07) is 1.73. The molecule has 0 bridgehead atoms. The van der Waals surface area contributed by atoms with Gasteiger partial charge in [-0.25, -0.2) is 4.98 Å². The number of anilines is 2. The largest absolute Gasteiger partial charge is 0.398 e. The minimum absolute atomic E-state index is 0.509. The van der Waals surface area contributed by atoms with Gasteiger partial charge < -0.3 is 11.5 Å². The lowest BCUT2D eigenvalue weighted by Crippen LogP contribution is -1.97. The molecule has 0 aliphatic rings. The van der Waals surface area contributed by atoms with Crippen LogP contribution in [-0.2, 0) is 0 Å². The normalized spacial score (nSPS) is 9.44. The van der Waals surface area contributed by atoms with E-state index in [0.29, 0.717) is 11.5 Å². The van der Waals surface area contributed by atoms with Gasteiger partial charge in [-0.2, -0.15) is 0 Å². The number of hydrogen-bond acceptors (Lipinski definition) is 3. The lowest BCUT2D eigenvalue weighted by atomic mass is 10.2. The average Bonchev–Trinajstić information content (AvgIpc) is 1.83. The van der Waals surface area contributed by atoms with Crippen LogP contribution in [0.25, 0.3) is 0 Å². The van der Waals surface area contributed by atoms with Crippen LogP contribution in [-0.4, -0.2) is 4.98 Å². The second kappa shape index (κ2) is 1.93. The maximum absolute atomic E-state index is 5.50. The van der Waals surface area contributed by atoms with Gasteiger partial charge >= 0.3 is 0 Å². The topological polar surface area (TPSA) is 64.9 Å². The number of rotatable bonds is 0. The van der Waals surface area contributed by atoms with Gasteiger partial charge in [0, 0.05) is 17.4 Å². The molecule has 0 amide bonds. The number of pyridine rings is 1. The molecule has 1 rings (SSSR count). The van der Waals surface area contributed by atoms with Crippen LogP contribution in [0.5, 0.6) is 0 Å². The average molecular weight is 123 g/mol. The molecule has 0 unspecified atom stereocenters. The first-order valence-electron chi connectivity index (χ1n) is 2.68. The maximum atomic E-state index is 5.50. The zero-order valence-corrected chi connectivity index (χ0v) is 5.26. The van der Waals surface area contributed by atoms with Crippen molar-refractivity contribution in [2.24, 2.45) is 0 Å². The molecule has 1 heterocycles. The molecule has 0 saturated carbocycles. The van der Waals surface area contributed by atoms with Crippen LogP contribution in [0.1, 0.15) is 5.56 Å². The van der Waals surface area contributed by atoms with Gasteiger partial charge in [0.2, 0.25) is 0 Å². The number of aromatic nitrogens is 1. The van der Waals surface area contributed by atoms with E-state index in [9.17, 15) is 0 Å². The molecule has 1 aromatic rings. The monoisotopic (exact) mass is 123 g/mol. The number of hydrogen-bond donors (Lipinski definition) is 2. The molecule has 1 aromatic heterocycles. The van der Waals surface area contributed by atoms with Crippen molar-refractivity contribution < 1.29 is 0 Å². The summed E-state index contributed by atoms with van der Waals surface area (Å²) in [6.45, 7) is 1.84. The fourth-order valence-electron chi connectivity index (χ4n) is 0.568. The highest BCUT2D eigenvalue weighted by Crippen LogP contribution is 2.12. The lowest BCUT2D eigenvalue weighted by Gasteiger charge is -1.99. The Kier molecular flexibility index (Phi) is 1.26. The minimum Gasteiger partial charge on any atom is -0.398 e. The third kappa shape index (κ3) is 0.937. The van der Waals surface area contributed by atoms with E-state index in [4.69, 9.17) is 11.5 Å². The highest BCUT2D eigenvalue weighted by atomic mass is 14.8. The van der Waals surface area contributed by atoms with Crippen LogP contribution in [0, 0.1) is 6.92 Å². The molecule has 3 nitrogen and oxygen atoms in total. The summed E-state index contributed by atoms with van der Waals surface area (Å²) in [5.41, 5.74) is 12.5. The summed E-state index contributed by atoms with van der Waals surface area (Å²) in [7, 11) is 0. The molecule has 0 fully saturated rings. The van der Waals surface area contributed by atoms with Crippen LogP contribution in [0.4, 0.5) is 11.5 Å². The quantitative estimate of drug-likeness (QED) is 0.529. The highest BCUT2D eigenvalue weighted by Gasteiger charge is 1.94. The van der Waals surface area contributed by atoms with Gasteiger partial charge in [0.05, 0.1) is 0 Å². The van der Waals surface area contributed by atoms with E-state index in [1.807, 2.05) is 6.92 Å². The second-order valence-corrected chi connectivity index (χ2v) is 1.91. The second-order valence-electron chi connectivity index (χ2n) is 1.91. The summed E-state index contributed by atoms with van der Waals surface area (Å²) >= 11 is 0. The van der Waals surface area contributed by atoms with Crippen molar-refractivity contribution >= 4 is 11.5 Å². The maximum Gasteiger partial charge on any atom is 0.128 e. The Morgan fingerprint density at radius 1 is 1.44 bits per heavy atom. The van der Waals surface area contributed by atoms with Gasteiger partial charge in [-0.3, -0.25) is 0 Å². The van der Waals surface area contributed by atoms with E-state index >= 15 is 0 Å². The van der Waals surface area contributed by atoms with Gasteiger partial charge in [0.1, 0.15) is 5.82 Å². The number of nitrogens with zero attached hydrogens (tertiary/aromatic N) is 1. The van der Waals surface area contributed by atoms with Gasteiger partial charge in [-0.1, -0.05) is 0 Å². The fourth-order valence-corrected chi connectivity index (χ4v) is 0.568. The van der Waals surface area contributed by atoms with E-state index in [2.05, 4.69) is 4.98 Å². The Balaban J connectivity index is 3.25.